The van der Waals surface area contributed by atoms with Gasteiger partial charge >= 0.3 is 0 Å². The SMILES string of the molecule is CC(C)CC1=NC2(c3ccc(Cl)c(Cc4ccc5c(c4)CCO5)c3)O[C@H](CO)[C@@H](O)[C@H](O)C2O1. The third-order valence-corrected chi connectivity index (χ3v) is 7.05. The molecule has 8 heteroatoms. The second-order valence-electron chi connectivity index (χ2n) is 9.68. The quantitative estimate of drug-likeness (QED) is 0.579. The van der Waals surface area contributed by atoms with Gasteiger partial charge in [-0.3, -0.25) is 0 Å². The van der Waals surface area contributed by atoms with E-state index in [4.69, 9.17) is 30.8 Å². The molecule has 1 saturated heterocycles. The Bertz CT molecular complexity index is 1100. The molecule has 2 aromatic rings. The summed E-state index contributed by atoms with van der Waals surface area (Å²) in [6.07, 6.45) is -2.47. The molecule has 0 bridgehead atoms. The highest BCUT2D eigenvalue weighted by atomic mass is 35.5. The molecule has 3 aliphatic rings. The third-order valence-electron chi connectivity index (χ3n) is 6.68. The van der Waals surface area contributed by atoms with Crippen molar-refractivity contribution in [1.82, 2.24) is 0 Å². The van der Waals surface area contributed by atoms with Crippen molar-refractivity contribution in [2.24, 2.45) is 10.9 Å². The van der Waals surface area contributed by atoms with Crippen LogP contribution in [0.15, 0.2) is 41.4 Å². The minimum Gasteiger partial charge on any atom is -0.493 e. The number of hydrogen-bond donors (Lipinski definition) is 3. The molecule has 1 fully saturated rings. The van der Waals surface area contributed by atoms with Crippen LogP contribution in [0, 0.1) is 5.92 Å². The van der Waals surface area contributed by atoms with Crippen molar-refractivity contribution in [2.45, 2.75) is 63.3 Å². The van der Waals surface area contributed by atoms with E-state index in [1.54, 1.807) is 12.1 Å². The topological polar surface area (TPSA) is 101 Å². The van der Waals surface area contributed by atoms with Crippen molar-refractivity contribution in [3.63, 3.8) is 0 Å². The normalized spacial score (nSPS) is 29.9. The fourth-order valence-corrected chi connectivity index (χ4v) is 5.17. The van der Waals surface area contributed by atoms with E-state index >= 15 is 0 Å². The predicted molar refractivity (Wildman–Crippen MR) is 127 cm³/mol. The van der Waals surface area contributed by atoms with E-state index in [2.05, 4.69) is 6.07 Å². The van der Waals surface area contributed by atoms with Crippen LogP contribution in [0.1, 0.15) is 42.5 Å². The monoisotopic (exact) mass is 487 g/mol. The van der Waals surface area contributed by atoms with E-state index in [-0.39, 0.29) is 5.92 Å². The standard InChI is InChI=1S/C26H30ClNO6/c1-14(2)9-22-28-26(25(33-22)24(31)23(30)21(13-29)34-26)18-4-5-19(27)17(12-18)11-15-3-6-20-16(10-15)7-8-32-20/h3-6,10,12,14,21,23-25,29-31H,7-9,11,13H2,1-2H3/t21-,23-,24+,25?,26?/m1/s1. The van der Waals surface area contributed by atoms with Crippen molar-refractivity contribution < 1.29 is 29.5 Å². The number of halogens is 1. The molecule has 3 N–H and O–H groups in total. The van der Waals surface area contributed by atoms with Gasteiger partial charge < -0.3 is 29.5 Å². The number of hydrogen-bond acceptors (Lipinski definition) is 7. The lowest BCUT2D eigenvalue weighted by Gasteiger charge is -2.44. The molecular formula is C26H30ClNO6. The number of ether oxygens (including phenoxy) is 3. The van der Waals surface area contributed by atoms with Crippen molar-refractivity contribution in [1.29, 1.82) is 0 Å². The fraction of sp³-hybridized carbons (Fsp3) is 0.500. The molecule has 5 atom stereocenters. The number of aliphatic imine (C=N–C) groups is 1. The Balaban J connectivity index is 1.54. The van der Waals surface area contributed by atoms with Crippen LogP contribution in [0.3, 0.4) is 0 Å². The van der Waals surface area contributed by atoms with Crippen LogP contribution < -0.4 is 4.74 Å². The van der Waals surface area contributed by atoms with Crippen molar-refractivity contribution >= 4 is 17.5 Å². The summed E-state index contributed by atoms with van der Waals surface area (Å²) in [5.74, 6) is 1.66. The van der Waals surface area contributed by atoms with Gasteiger partial charge in [0.05, 0.1) is 13.2 Å². The smallest absolute Gasteiger partial charge is 0.228 e. The minimum absolute atomic E-state index is 0.274. The van der Waals surface area contributed by atoms with Gasteiger partial charge in [0.25, 0.3) is 0 Å². The molecule has 3 aliphatic heterocycles. The molecule has 7 nitrogen and oxygen atoms in total. The first-order valence-corrected chi connectivity index (χ1v) is 12.1. The van der Waals surface area contributed by atoms with Crippen LogP contribution in [-0.4, -0.2) is 58.8 Å². The zero-order chi connectivity index (χ0) is 24.0. The van der Waals surface area contributed by atoms with Gasteiger partial charge in [0.2, 0.25) is 5.72 Å². The van der Waals surface area contributed by atoms with E-state index < -0.39 is 36.7 Å². The summed E-state index contributed by atoms with van der Waals surface area (Å²) in [7, 11) is 0. The first-order chi connectivity index (χ1) is 16.3. The largest absolute Gasteiger partial charge is 0.493 e. The second-order valence-corrected chi connectivity index (χ2v) is 10.1. The van der Waals surface area contributed by atoms with Gasteiger partial charge in [0.1, 0.15) is 24.1 Å². The fourth-order valence-electron chi connectivity index (χ4n) is 4.98. The Morgan fingerprint density at radius 2 is 1.97 bits per heavy atom. The lowest BCUT2D eigenvalue weighted by molar-refractivity contribution is -0.262. The molecule has 2 unspecified atom stereocenters. The Morgan fingerprint density at radius 3 is 2.74 bits per heavy atom. The van der Waals surface area contributed by atoms with E-state index in [0.717, 1.165) is 23.3 Å². The van der Waals surface area contributed by atoms with Crippen LogP contribution in [0.4, 0.5) is 0 Å². The average molecular weight is 488 g/mol. The molecule has 0 amide bonds. The van der Waals surface area contributed by atoms with Crippen molar-refractivity contribution in [2.75, 3.05) is 13.2 Å². The Kier molecular flexibility index (Phi) is 6.33. The Morgan fingerprint density at radius 1 is 1.15 bits per heavy atom. The average Bonchev–Trinajstić information content (AvgIpc) is 3.42. The first kappa shape index (κ1) is 23.6. The van der Waals surface area contributed by atoms with Crippen LogP contribution in [-0.2, 0) is 28.0 Å². The number of nitrogens with zero attached hydrogens (tertiary/aromatic N) is 1. The van der Waals surface area contributed by atoms with E-state index in [1.807, 2.05) is 32.0 Å². The zero-order valence-electron chi connectivity index (χ0n) is 19.3. The molecule has 0 radical (unpaired) electrons. The highest BCUT2D eigenvalue weighted by molar-refractivity contribution is 6.31. The molecule has 2 aromatic carbocycles. The summed E-state index contributed by atoms with van der Waals surface area (Å²) in [4.78, 5) is 4.79. The second kappa shape index (κ2) is 9.13. The number of aliphatic hydroxyl groups is 3. The molecule has 3 heterocycles. The zero-order valence-corrected chi connectivity index (χ0v) is 20.0. The Hall–Kier alpha value is -2.16. The molecule has 5 rings (SSSR count). The van der Waals surface area contributed by atoms with Crippen LogP contribution in [0.5, 0.6) is 5.75 Å². The van der Waals surface area contributed by atoms with Gasteiger partial charge in [0, 0.05) is 23.4 Å². The summed E-state index contributed by atoms with van der Waals surface area (Å²) in [6.45, 7) is 4.34. The van der Waals surface area contributed by atoms with Gasteiger partial charge in [-0.05, 0) is 47.2 Å². The number of benzene rings is 2. The van der Waals surface area contributed by atoms with Gasteiger partial charge in [0.15, 0.2) is 12.0 Å². The summed E-state index contributed by atoms with van der Waals surface area (Å²) >= 11 is 6.59. The van der Waals surface area contributed by atoms with Gasteiger partial charge in [-0.15, -0.1) is 0 Å². The maximum Gasteiger partial charge on any atom is 0.228 e. The third kappa shape index (κ3) is 4.10. The summed E-state index contributed by atoms with van der Waals surface area (Å²) in [6, 6.07) is 11.7. The minimum atomic E-state index is -1.39. The van der Waals surface area contributed by atoms with Crippen LogP contribution in [0.25, 0.3) is 0 Å². The number of aliphatic hydroxyl groups excluding tert-OH is 3. The van der Waals surface area contributed by atoms with Crippen LogP contribution in [0.2, 0.25) is 5.02 Å². The van der Waals surface area contributed by atoms with Gasteiger partial charge in [-0.1, -0.05) is 43.6 Å². The van der Waals surface area contributed by atoms with E-state index in [1.165, 1.54) is 5.56 Å². The highest BCUT2D eigenvalue weighted by Gasteiger charge is 2.60. The summed E-state index contributed by atoms with van der Waals surface area (Å²) in [5.41, 5.74) is 2.45. The number of fused-ring (bicyclic) bond motifs is 2. The lowest BCUT2D eigenvalue weighted by Crippen LogP contribution is -2.61. The number of rotatable bonds is 6. The molecular weight excluding hydrogens is 458 g/mol. The molecule has 0 aliphatic carbocycles. The molecule has 0 spiro atoms. The molecule has 0 saturated carbocycles. The lowest BCUT2D eigenvalue weighted by atomic mass is 9.85. The van der Waals surface area contributed by atoms with Crippen molar-refractivity contribution in [3.05, 3.63) is 63.7 Å². The molecule has 0 aromatic heterocycles. The maximum atomic E-state index is 10.9. The molecule has 182 valence electrons. The summed E-state index contributed by atoms with van der Waals surface area (Å²) in [5, 5.41) is 31.8. The van der Waals surface area contributed by atoms with Gasteiger partial charge in [-0.25, -0.2) is 4.99 Å². The summed E-state index contributed by atoms with van der Waals surface area (Å²) < 4.78 is 17.8. The highest BCUT2D eigenvalue weighted by Crippen LogP contribution is 2.46. The van der Waals surface area contributed by atoms with E-state index in [9.17, 15) is 15.3 Å². The first-order valence-electron chi connectivity index (χ1n) is 11.7. The van der Waals surface area contributed by atoms with Crippen LogP contribution >= 0.6 is 11.6 Å². The van der Waals surface area contributed by atoms with Crippen molar-refractivity contribution in [3.8, 4) is 5.75 Å². The van der Waals surface area contributed by atoms with E-state index in [0.29, 0.717) is 35.9 Å². The predicted octanol–water partition coefficient (Wildman–Crippen LogP) is 2.97. The maximum absolute atomic E-state index is 10.9. The molecule has 34 heavy (non-hydrogen) atoms. The van der Waals surface area contributed by atoms with Gasteiger partial charge in [-0.2, -0.15) is 0 Å². The Labute approximate surface area is 204 Å².